The lowest BCUT2D eigenvalue weighted by atomic mass is 10.1. The zero-order chi connectivity index (χ0) is 18.1. The maximum atomic E-state index is 13.5. The number of pyridine rings is 1. The topological polar surface area (TPSA) is 65.2 Å². The molecule has 0 aliphatic heterocycles. The quantitative estimate of drug-likeness (QED) is 0.522. The zero-order valence-corrected chi connectivity index (χ0v) is 13.1. The molecule has 0 amide bonds. The lowest BCUT2D eigenvalue weighted by Gasteiger charge is -2.09. The van der Waals surface area contributed by atoms with Crippen molar-refractivity contribution in [3.8, 4) is 28.3 Å². The van der Waals surface area contributed by atoms with E-state index in [4.69, 9.17) is 0 Å². The molecule has 0 bridgehead atoms. The Morgan fingerprint density at radius 3 is 2.50 bits per heavy atom. The Morgan fingerprint density at radius 2 is 1.77 bits per heavy atom. The molecule has 0 fully saturated rings. The summed E-state index contributed by atoms with van der Waals surface area (Å²) in [6, 6.07) is 10.7. The van der Waals surface area contributed by atoms with Crippen molar-refractivity contribution in [1.29, 1.82) is 0 Å². The SMILES string of the molecule is Fc1cc(-c2cc(-c3ccc(OC(F)F)cc3)nc3ncnn23)ccn1. The number of aromatic nitrogens is 5. The highest BCUT2D eigenvalue weighted by Crippen LogP contribution is 2.27. The first kappa shape index (κ1) is 16.0. The minimum Gasteiger partial charge on any atom is -0.435 e. The lowest BCUT2D eigenvalue weighted by molar-refractivity contribution is -0.0498. The van der Waals surface area contributed by atoms with E-state index in [2.05, 4.69) is 24.8 Å². The molecular weight excluding hydrogens is 347 g/mol. The van der Waals surface area contributed by atoms with Crippen LogP contribution in [-0.4, -0.2) is 31.2 Å². The number of benzene rings is 1. The second-order valence-electron chi connectivity index (χ2n) is 5.27. The molecule has 1 aromatic carbocycles. The van der Waals surface area contributed by atoms with Gasteiger partial charge in [0, 0.05) is 23.4 Å². The zero-order valence-electron chi connectivity index (χ0n) is 13.1. The van der Waals surface area contributed by atoms with Crippen LogP contribution in [0.5, 0.6) is 5.75 Å². The number of hydrogen-bond acceptors (Lipinski definition) is 5. The van der Waals surface area contributed by atoms with E-state index in [0.29, 0.717) is 28.3 Å². The maximum absolute atomic E-state index is 13.5. The summed E-state index contributed by atoms with van der Waals surface area (Å²) in [4.78, 5) is 12.0. The average molecular weight is 357 g/mol. The normalized spacial score (nSPS) is 11.2. The van der Waals surface area contributed by atoms with Crippen LogP contribution in [0.25, 0.3) is 28.3 Å². The first-order valence-electron chi connectivity index (χ1n) is 7.48. The smallest absolute Gasteiger partial charge is 0.387 e. The van der Waals surface area contributed by atoms with Gasteiger partial charge in [-0.05, 0) is 36.4 Å². The van der Waals surface area contributed by atoms with Crippen LogP contribution >= 0.6 is 0 Å². The Labute approximate surface area is 144 Å². The highest BCUT2D eigenvalue weighted by Gasteiger charge is 2.12. The minimum atomic E-state index is -2.89. The molecule has 0 atom stereocenters. The van der Waals surface area contributed by atoms with Crippen LogP contribution in [0, 0.1) is 5.95 Å². The Morgan fingerprint density at radius 1 is 0.962 bits per heavy atom. The summed E-state index contributed by atoms with van der Waals surface area (Å²) in [5, 5.41) is 4.10. The second kappa shape index (κ2) is 6.43. The Balaban J connectivity index is 1.81. The van der Waals surface area contributed by atoms with E-state index in [0.717, 1.165) is 0 Å². The molecule has 26 heavy (non-hydrogen) atoms. The summed E-state index contributed by atoms with van der Waals surface area (Å²) in [7, 11) is 0. The van der Waals surface area contributed by atoms with Crippen LogP contribution in [0.15, 0.2) is 55.0 Å². The fraction of sp³-hybridized carbons (Fsp3) is 0.0588. The Kier molecular flexibility index (Phi) is 3.96. The summed E-state index contributed by atoms with van der Waals surface area (Å²) < 4.78 is 43.9. The molecule has 9 heteroatoms. The van der Waals surface area contributed by atoms with Crippen LogP contribution in [0.4, 0.5) is 13.2 Å². The van der Waals surface area contributed by atoms with Gasteiger partial charge in [-0.3, -0.25) is 0 Å². The maximum Gasteiger partial charge on any atom is 0.387 e. The summed E-state index contributed by atoms with van der Waals surface area (Å²) in [6.45, 7) is -2.89. The van der Waals surface area contributed by atoms with Gasteiger partial charge >= 0.3 is 6.61 Å². The average Bonchev–Trinajstić information content (AvgIpc) is 3.09. The standard InChI is InChI=1S/C17H10F3N5O/c18-15-7-11(5-6-21-15)14-8-13(24-17-22-9-23-25(14)17)10-1-3-12(4-2-10)26-16(19)20/h1-9,16H. The molecule has 3 aromatic heterocycles. The van der Waals surface area contributed by atoms with Crippen molar-refractivity contribution in [2.75, 3.05) is 0 Å². The van der Waals surface area contributed by atoms with Crippen molar-refractivity contribution < 1.29 is 17.9 Å². The second-order valence-corrected chi connectivity index (χ2v) is 5.27. The minimum absolute atomic E-state index is 0.0451. The first-order valence-corrected chi connectivity index (χ1v) is 7.48. The largest absolute Gasteiger partial charge is 0.435 e. The van der Waals surface area contributed by atoms with E-state index < -0.39 is 12.6 Å². The number of alkyl halides is 2. The van der Waals surface area contributed by atoms with Gasteiger partial charge in [-0.25, -0.2) is 9.97 Å². The van der Waals surface area contributed by atoms with E-state index in [-0.39, 0.29) is 5.75 Å². The fourth-order valence-electron chi connectivity index (χ4n) is 2.53. The van der Waals surface area contributed by atoms with Gasteiger partial charge in [-0.15, -0.1) is 0 Å². The molecule has 0 unspecified atom stereocenters. The molecule has 0 spiro atoms. The molecule has 0 radical (unpaired) electrons. The van der Waals surface area contributed by atoms with Crippen LogP contribution < -0.4 is 4.74 Å². The van der Waals surface area contributed by atoms with Crippen molar-refractivity contribution >= 4 is 5.78 Å². The summed E-state index contributed by atoms with van der Waals surface area (Å²) in [5.74, 6) is -0.256. The summed E-state index contributed by atoms with van der Waals surface area (Å²) in [5.41, 5.74) is 2.31. The number of hydrogen-bond donors (Lipinski definition) is 0. The fourth-order valence-corrected chi connectivity index (χ4v) is 2.53. The van der Waals surface area contributed by atoms with E-state index in [1.165, 1.54) is 35.2 Å². The van der Waals surface area contributed by atoms with Crippen molar-refractivity contribution in [2.45, 2.75) is 6.61 Å². The van der Waals surface area contributed by atoms with Gasteiger partial charge in [0.05, 0.1) is 11.4 Å². The van der Waals surface area contributed by atoms with E-state index in [1.807, 2.05) is 0 Å². The summed E-state index contributed by atoms with van der Waals surface area (Å²) in [6.07, 6.45) is 2.69. The van der Waals surface area contributed by atoms with Gasteiger partial charge in [-0.2, -0.15) is 27.8 Å². The molecule has 4 rings (SSSR count). The third-order valence-electron chi connectivity index (χ3n) is 3.65. The Hall–Kier alpha value is -3.49. The molecule has 0 saturated carbocycles. The number of ether oxygens (including phenoxy) is 1. The monoisotopic (exact) mass is 357 g/mol. The molecule has 0 aliphatic rings. The van der Waals surface area contributed by atoms with Gasteiger partial charge < -0.3 is 4.74 Å². The van der Waals surface area contributed by atoms with Gasteiger partial charge in [0.2, 0.25) is 5.95 Å². The van der Waals surface area contributed by atoms with Crippen molar-refractivity contribution in [3.63, 3.8) is 0 Å². The highest BCUT2D eigenvalue weighted by molar-refractivity contribution is 5.70. The predicted octanol–water partition coefficient (Wildman–Crippen LogP) is 3.59. The van der Waals surface area contributed by atoms with Crippen molar-refractivity contribution in [1.82, 2.24) is 24.6 Å². The molecule has 0 N–H and O–H groups in total. The van der Waals surface area contributed by atoms with Crippen LogP contribution in [0.3, 0.4) is 0 Å². The lowest BCUT2D eigenvalue weighted by Crippen LogP contribution is -2.02. The first-order chi connectivity index (χ1) is 12.6. The molecule has 6 nitrogen and oxygen atoms in total. The number of rotatable bonds is 4. The summed E-state index contributed by atoms with van der Waals surface area (Å²) >= 11 is 0. The van der Waals surface area contributed by atoms with Gasteiger partial charge in [0.15, 0.2) is 0 Å². The third-order valence-corrected chi connectivity index (χ3v) is 3.65. The molecule has 3 heterocycles. The molecule has 0 aliphatic carbocycles. The van der Waals surface area contributed by atoms with Crippen LogP contribution in [-0.2, 0) is 0 Å². The van der Waals surface area contributed by atoms with Gasteiger partial charge in [0.1, 0.15) is 12.1 Å². The van der Waals surface area contributed by atoms with Crippen molar-refractivity contribution in [2.24, 2.45) is 0 Å². The number of nitrogens with zero attached hydrogens (tertiary/aromatic N) is 5. The molecule has 4 aromatic rings. The van der Waals surface area contributed by atoms with Crippen LogP contribution in [0.1, 0.15) is 0 Å². The van der Waals surface area contributed by atoms with Crippen LogP contribution in [0.2, 0.25) is 0 Å². The third kappa shape index (κ3) is 3.06. The van der Waals surface area contributed by atoms with E-state index >= 15 is 0 Å². The van der Waals surface area contributed by atoms with E-state index in [1.54, 1.807) is 24.3 Å². The van der Waals surface area contributed by atoms with Gasteiger partial charge in [0.25, 0.3) is 5.78 Å². The predicted molar refractivity (Wildman–Crippen MR) is 86.0 cm³/mol. The molecular formula is C17H10F3N5O. The van der Waals surface area contributed by atoms with Crippen molar-refractivity contribution in [3.05, 3.63) is 60.9 Å². The molecule has 130 valence electrons. The molecule has 0 saturated heterocycles. The number of halogens is 3. The number of fused-ring (bicyclic) bond motifs is 1. The van der Waals surface area contributed by atoms with Gasteiger partial charge in [-0.1, -0.05) is 0 Å². The highest BCUT2D eigenvalue weighted by atomic mass is 19.3. The Bertz CT molecular complexity index is 1070. The van der Waals surface area contributed by atoms with E-state index in [9.17, 15) is 13.2 Å².